The molecule has 0 aliphatic heterocycles. The molecule has 8 heteroatoms. The van der Waals surface area contributed by atoms with Crippen molar-refractivity contribution < 1.29 is 19.2 Å². The Hall–Kier alpha value is -2.48. The fourth-order valence-corrected chi connectivity index (χ4v) is 1.46. The zero-order chi connectivity index (χ0) is 14.0. The summed E-state index contributed by atoms with van der Waals surface area (Å²) in [5.41, 5.74) is 6.10. The second-order valence-corrected chi connectivity index (χ2v) is 3.97. The van der Waals surface area contributed by atoms with E-state index in [4.69, 9.17) is 10.3 Å². The molecule has 0 bridgehead atoms. The van der Waals surface area contributed by atoms with Crippen LogP contribution in [-0.4, -0.2) is 39.7 Å². The van der Waals surface area contributed by atoms with Crippen LogP contribution in [0.4, 0.5) is 0 Å². The molecular weight excluding hydrogens is 252 g/mol. The molecule has 2 rings (SSSR count). The van der Waals surface area contributed by atoms with Gasteiger partial charge in [0.2, 0.25) is 5.91 Å². The zero-order valence-electron chi connectivity index (χ0n) is 10.1. The van der Waals surface area contributed by atoms with Crippen LogP contribution in [0.25, 0.3) is 11.1 Å². The third kappa shape index (κ3) is 2.68. The molecule has 8 nitrogen and oxygen atoms in total. The molecule has 0 radical (unpaired) electrons. The molecule has 2 heterocycles. The van der Waals surface area contributed by atoms with Crippen molar-refractivity contribution in [3.63, 3.8) is 0 Å². The number of amides is 2. The van der Waals surface area contributed by atoms with E-state index in [2.05, 4.69) is 15.5 Å². The van der Waals surface area contributed by atoms with Gasteiger partial charge in [-0.1, -0.05) is 5.16 Å². The average Bonchev–Trinajstić information content (AvgIpc) is 2.76. The van der Waals surface area contributed by atoms with Gasteiger partial charge in [-0.2, -0.15) is 0 Å². The highest BCUT2D eigenvalue weighted by atomic mass is 16.5. The van der Waals surface area contributed by atoms with E-state index in [9.17, 15) is 14.7 Å². The van der Waals surface area contributed by atoms with Crippen LogP contribution in [0, 0.1) is 6.92 Å². The lowest BCUT2D eigenvalue weighted by Crippen LogP contribution is -2.40. The quantitative estimate of drug-likeness (QED) is 0.656. The molecule has 2 aromatic heterocycles. The standard InChI is InChI=1S/C11H12N4O4/c1-5-7-2-6(3-14-11(7)19-15-5)10(18)13-4-8(16)9(12)17/h2-3,8,16H,4H2,1H3,(H2,12,17)(H,13,18). The van der Waals surface area contributed by atoms with Crippen LogP contribution in [-0.2, 0) is 4.79 Å². The minimum Gasteiger partial charge on any atom is -0.381 e. The Morgan fingerprint density at radius 1 is 1.58 bits per heavy atom. The Balaban J connectivity index is 2.13. The Morgan fingerprint density at radius 3 is 3.00 bits per heavy atom. The SMILES string of the molecule is Cc1noc2ncc(C(=O)NCC(O)C(N)=O)cc12. The molecule has 0 saturated heterocycles. The first kappa shape index (κ1) is 13.0. The number of hydrogen-bond donors (Lipinski definition) is 3. The Morgan fingerprint density at radius 2 is 2.32 bits per heavy atom. The van der Waals surface area contributed by atoms with Gasteiger partial charge < -0.3 is 20.7 Å². The summed E-state index contributed by atoms with van der Waals surface area (Å²) in [7, 11) is 0. The maximum Gasteiger partial charge on any atom is 0.257 e. The summed E-state index contributed by atoms with van der Waals surface area (Å²) in [5, 5.41) is 15.9. The lowest BCUT2D eigenvalue weighted by atomic mass is 10.2. The van der Waals surface area contributed by atoms with Crippen molar-refractivity contribution in [2.24, 2.45) is 5.73 Å². The topological polar surface area (TPSA) is 131 Å². The molecule has 0 aliphatic rings. The Bertz CT molecular complexity index is 637. The number of nitrogens with zero attached hydrogens (tertiary/aromatic N) is 2. The number of rotatable bonds is 4. The number of hydrogen-bond acceptors (Lipinski definition) is 6. The average molecular weight is 264 g/mol. The summed E-state index contributed by atoms with van der Waals surface area (Å²) >= 11 is 0. The summed E-state index contributed by atoms with van der Waals surface area (Å²) in [6.07, 6.45) is -0.100. The Labute approximate surface area is 107 Å². The molecule has 0 aromatic carbocycles. The highest BCUT2D eigenvalue weighted by molar-refractivity contribution is 5.97. The number of aromatic nitrogens is 2. The molecule has 0 saturated carbocycles. The molecule has 0 aliphatic carbocycles. The number of pyridine rings is 1. The number of nitrogens with two attached hydrogens (primary N) is 1. The van der Waals surface area contributed by atoms with Crippen LogP contribution in [0.15, 0.2) is 16.8 Å². The van der Waals surface area contributed by atoms with Gasteiger partial charge in [0.15, 0.2) is 0 Å². The van der Waals surface area contributed by atoms with Crippen LogP contribution in [0.3, 0.4) is 0 Å². The number of fused-ring (bicyclic) bond motifs is 1. The van der Waals surface area contributed by atoms with E-state index < -0.39 is 17.9 Å². The van der Waals surface area contributed by atoms with E-state index in [1.165, 1.54) is 6.20 Å². The van der Waals surface area contributed by atoms with Gasteiger partial charge in [-0.3, -0.25) is 9.59 Å². The van der Waals surface area contributed by atoms with E-state index in [-0.39, 0.29) is 12.1 Å². The summed E-state index contributed by atoms with van der Waals surface area (Å²) in [5.74, 6) is -1.38. The van der Waals surface area contributed by atoms with Crippen LogP contribution in [0.5, 0.6) is 0 Å². The Kier molecular flexibility index (Phi) is 3.43. The number of aliphatic hydroxyl groups is 1. The van der Waals surface area contributed by atoms with Crippen molar-refractivity contribution in [1.29, 1.82) is 0 Å². The fraction of sp³-hybridized carbons (Fsp3) is 0.273. The van der Waals surface area contributed by atoms with E-state index >= 15 is 0 Å². The number of nitrogens with one attached hydrogen (secondary N) is 1. The summed E-state index contributed by atoms with van der Waals surface area (Å²) < 4.78 is 4.92. The van der Waals surface area contributed by atoms with Gasteiger partial charge in [0.1, 0.15) is 6.10 Å². The largest absolute Gasteiger partial charge is 0.381 e. The number of aryl methyl sites for hydroxylation is 1. The second-order valence-electron chi connectivity index (χ2n) is 3.97. The second kappa shape index (κ2) is 5.02. The molecular formula is C11H12N4O4. The molecule has 2 amide bonds. The lowest BCUT2D eigenvalue weighted by Gasteiger charge is -2.08. The van der Waals surface area contributed by atoms with Crippen LogP contribution < -0.4 is 11.1 Å². The molecule has 2 aromatic rings. The normalized spacial score (nSPS) is 12.3. The lowest BCUT2D eigenvalue weighted by molar-refractivity contribution is -0.125. The van der Waals surface area contributed by atoms with Crippen LogP contribution in [0.2, 0.25) is 0 Å². The van der Waals surface area contributed by atoms with E-state index in [1.54, 1.807) is 13.0 Å². The summed E-state index contributed by atoms with van der Waals surface area (Å²) in [6, 6.07) is 1.57. The van der Waals surface area contributed by atoms with E-state index in [0.29, 0.717) is 16.8 Å². The van der Waals surface area contributed by atoms with Crippen molar-refractivity contribution in [3.8, 4) is 0 Å². The number of aliphatic hydroxyl groups excluding tert-OH is 1. The highest BCUT2D eigenvalue weighted by Gasteiger charge is 2.15. The molecule has 1 atom stereocenters. The first-order valence-electron chi connectivity index (χ1n) is 5.46. The molecule has 4 N–H and O–H groups in total. The van der Waals surface area contributed by atoms with Gasteiger partial charge in [-0.25, -0.2) is 4.98 Å². The van der Waals surface area contributed by atoms with Gasteiger partial charge >= 0.3 is 0 Å². The number of carbonyl (C=O) groups excluding carboxylic acids is 2. The fourth-order valence-electron chi connectivity index (χ4n) is 1.46. The van der Waals surface area contributed by atoms with Crippen molar-refractivity contribution in [3.05, 3.63) is 23.5 Å². The molecule has 100 valence electrons. The van der Waals surface area contributed by atoms with Gasteiger partial charge in [-0.15, -0.1) is 0 Å². The monoisotopic (exact) mass is 264 g/mol. The van der Waals surface area contributed by atoms with Crippen LogP contribution in [0.1, 0.15) is 16.1 Å². The molecule has 1 unspecified atom stereocenters. The minimum absolute atomic E-state index is 0.255. The smallest absolute Gasteiger partial charge is 0.257 e. The predicted octanol–water partition coefficient (Wildman–Crippen LogP) is -0.893. The van der Waals surface area contributed by atoms with E-state index in [1.807, 2.05) is 0 Å². The highest BCUT2D eigenvalue weighted by Crippen LogP contribution is 2.16. The summed E-state index contributed by atoms with van der Waals surface area (Å²) in [4.78, 5) is 26.3. The molecule has 0 fully saturated rings. The first-order chi connectivity index (χ1) is 8.99. The van der Waals surface area contributed by atoms with E-state index in [0.717, 1.165) is 0 Å². The molecule has 19 heavy (non-hydrogen) atoms. The van der Waals surface area contributed by atoms with Crippen molar-refractivity contribution in [1.82, 2.24) is 15.5 Å². The maximum atomic E-state index is 11.8. The zero-order valence-corrected chi connectivity index (χ0v) is 10.1. The third-order valence-corrected chi connectivity index (χ3v) is 2.56. The van der Waals surface area contributed by atoms with Crippen LogP contribution >= 0.6 is 0 Å². The van der Waals surface area contributed by atoms with Crippen molar-refractivity contribution in [2.45, 2.75) is 13.0 Å². The summed E-state index contributed by atoms with van der Waals surface area (Å²) in [6.45, 7) is 1.47. The van der Waals surface area contributed by atoms with Gasteiger partial charge in [0.05, 0.1) is 23.2 Å². The van der Waals surface area contributed by atoms with Gasteiger partial charge in [0.25, 0.3) is 11.6 Å². The number of primary amides is 1. The minimum atomic E-state index is -1.42. The number of carbonyl (C=O) groups is 2. The van der Waals surface area contributed by atoms with Crippen molar-refractivity contribution in [2.75, 3.05) is 6.54 Å². The van der Waals surface area contributed by atoms with Crippen molar-refractivity contribution >= 4 is 22.9 Å². The van der Waals surface area contributed by atoms with Gasteiger partial charge in [-0.05, 0) is 13.0 Å². The van der Waals surface area contributed by atoms with Gasteiger partial charge in [0, 0.05) is 6.20 Å². The maximum absolute atomic E-state index is 11.8. The molecule has 0 spiro atoms. The predicted molar refractivity (Wildman–Crippen MR) is 64.1 cm³/mol. The third-order valence-electron chi connectivity index (χ3n) is 2.56. The first-order valence-corrected chi connectivity index (χ1v) is 5.46.